The molecular formula is C14H20BrNO2. The molecule has 100 valence electrons. The van der Waals surface area contributed by atoms with Crippen LogP contribution in [0.5, 0.6) is 5.75 Å². The van der Waals surface area contributed by atoms with E-state index in [-0.39, 0.29) is 6.10 Å². The maximum atomic E-state index is 5.93. The molecule has 0 aliphatic carbocycles. The van der Waals surface area contributed by atoms with Crippen molar-refractivity contribution >= 4 is 15.9 Å². The van der Waals surface area contributed by atoms with Crippen molar-refractivity contribution in [2.75, 3.05) is 13.2 Å². The molecule has 3 nitrogen and oxygen atoms in total. The van der Waals surface area contributed by atoms with Crippen molar-refractivity contribution in [3.63, 3.8) is 0 Å². The Morgan fingerprint density at radius 2 is 2.28 bits per heavy atom. The molecule has 4 heteroatoms. The summed E-state index contributed by atoms with van der Waals surface area (Å²) in [6, 6.07) is 6.06. The van der Waals surface area contributed by atoms with Gasteiger partial charge < -0.3 is 15.2 Å². The molecule has 1 saturated heterocycles. The lowest BCUT2D eigenvalue weighted by atomic mass is 10.1. The van der Waals surface area contributed by atoms with Crippen LogP contribution in [0.1, 0.15) is 25.3 Å². The summed E-state index contributed by atoms with van der Waals surface area (Å²) in [6.45, 7) is 3.35. The van der Waals surface area contributed by atoms with Crippen LogP contribution in [0.3, 0.4) is 0 Å². The van der Waals surface area contributed by atoms with Crippen LogP contribution < -0.4 is 10.5 Å². The summed E-state index contributed by atoms with van der Waals surface area (Å²) in [7, 11) is 0. The van der Waals surface area contributed by atoms with E-state index in [1.807, 2.05) is 12.1 Å². The van der Waals surface area contributed by atoms with Crippen molar-refractivity contribution in [1.29, 1.82) is 0 Å². The van der Waals surface area contributed by atoms with Crippen molar-refractivity contribution in [2.45, 2.75) is 38.4 Å². The molecule has 2 unspecified atom stereocenters. The number of nitrogens with two attached hydrogens (primary N) is 1. The Labute approximate surface area is 117 Å². The first kappa shape index (κ1) is 13.8. The van der Waals surface area contributed by atoms with Gasteiger partial charge in [-0.1, -0.05) is 12.1 Å². The molecule has 0 saturated carbocycles. The summed E-state index contributed by atoms with van der Waals surface area (Å²) in [5.41, 5.74) is 6.77. The van der Waals surface area contributed by atoms with Crippen molar-refractivity contribution in [1.82, 2.24) is 0 Å². The molecule has 1 aliphatic rings. The van der Waals surface area contributed by atoms with Gasteiger partial charge in [0.05, 0.1) is 16.7 Å². The zero-order valence-electron chi connectivity index (χ0n) is 10.7. The largest absolute Gasteiger partial charge is 0.489 e. The monoisotopic (exact) mass is 313 g/mol. The van der Waals surface area contributed by atoms with Crippen molar-refractivity contribution in [3.05, 3.63) is 28.2 Å². The molecule has 1 aromatic carbocycles. The Morgan fingerprint density at radius 1 is 1.44 bits per heavy atom. The third kappa shape index (κ3) is 3.46. The van der Waals surface area contributed by atoms with Crippen LogP contribution in [-0.4, -0.2) is 25.4 Å². The second-order valence-electron chi connectivity index (χ2n) is 4.72. The highest BCUT2D eigenvalue weighted by atomic mass is 79.9. The molecular weight excluding hydrogens is 294 g/mol. The second kappa shape index (κ2) is 6.55. The highest BCUT2D eigenvalue weighted by Gasteiger charge is 2.22. The van der Waals surface area contributed by atoms with Crippen molar-refractivity contribution in [2.24, 2.45) is 5.73 Å². The van der Waals surface area contributed by atoms with Gasteiger partial charge in [0.15, 0.2) is 0 Å². The predicted molar refractivity (Wildman–Crippen MR) is 76.0 cm³/mol. The minimum Gasteiger partial charge on any atom is -0.489 e. The maximum absolute atomic E-state index is 5.93. The molecule has 0 radical (unpaired) electrons. The first-order valence-corrected chi connectivity index (χ1v) is 7.25. The van der Waals surface area contributed by atoms with Gasteiger partial charge in [0, 0.05) is 0 Å². The van der Waals surface area contributed by atoms with Gasteiger partial charge >= 0.3 is 0 Å². The minimum absolute atomic E-state index is 0.220. The number of ether oxygens (including phenoxy) is 2. The normalized spacial score (nSPS) is 23.3. The molecule has 0 bridgehead atoms. The number of hydrogen-bond donors (Lipinski definition) is 1. The van der Waals surface area contributed by atoms with Gasteiger partial charge in [0.2, 0.25) is 0 Å². The van der Waals surface area contributed by atoms with Crippen LogP contribution in [0.4, 0.5) is 0 Å². The molecule has 2 N–H and O–H groups in total. The Hall–Kier alpha value is -0.580. The predicted octanol–water partition coefficient (Wildman–Crippen LogP) is 2.90. The number of rotatable bonds is 5. The van der Waals surface area contributed by atoms with E-state index in [4.69, 9.17) is 15.2 Å². The third-order valence-electron chi connectivity index (χ3n) is 3.20. The van der Waals surface area contributed by atoms with Gasteiger partial charge in [0.1, 0.15) is 12.4 Å². The first-order chi connectivity index (χ1) is 8.70. The van der Waals surface area contributed by atoms with Crippen LogP contribution in [0.2, 0.25) is 0 Å². The van der Waals surface area contributed by atoms with E-state index in [0.29, 0.717) is 19.3 Å². The average Bonchev–Trinajstić information content (AvgIpc) is 2.75. The molecule has 0 aromatic heterocycles. The molecule has 0 amide bonds. The second-order valence-corrected chi connectivity index (χ2v) is 5.58. The third-order valence-corrected chi connectivity index (χ3v) is 3.82. The number of halogens is 1. The van der Waals surface area contributed by atoms with Crippen LogP contribution in [0, 0.1) is 0 Å². The Morgan fingerprint density at radius 3 is 2.94 bits per heavy atom. The van der Waals surface area contributed by atoms with Gasteiger partial charge in [-0.15, -0.1) is 0 Å². The molecule has 1 aromatic rings. The average molecular weight is 314 g/mol. The fraction of sp³-hybridized carbons (Fsp3) is 0.571. The number of hydrogen-bond acceptors (Lipinski definition) is 3. The lowest BCUT2D eigenvalue weighted by Crippen LogP contribution is -2.18. The van der Waals surface area contributed by atoms with E-state index >= 15 is 0 Å². The summed E-state index contributed by atoms with van der Waals surface area (Å²) in [5, 5.41) is 0. The van der Waals surface area contributed by atoms with Crippen LogP contribution >= 0.6 is 15.9 Å². The molecule has 2 atom stereocenters. The summed E-state index contributed by atoms with van der Waals surface area (Å²) < 4.78 is 12.7. The Bertz CT molecular complexity index is 397. The standard InChI is InChI=1S/C14H20BrNO2/c1-10-5-6-12(18-10)9-17-14-11(7-8-16)3-2-4-13(14)15/h2-4,10,12H,5-9,16H2,1H3. The summed E-state index contributed by atoms with van der Waals surface area (Å²) in [4.78, 5) is 0. The summed E-state index contributed by atoms with van der Waals surface area (Å²) in [6.07, 6.45) is 3.62. The van der Waals surface area contributed by atoms with Gasteiger partial charge in [-0.3, -0.25) is 0 Å². The number of benzene rings is 1. The van der Waals surface area contributed by atoms with Gasteiger partial charge in [-0.2, -0.15) is 0 Å². The smallest absolute Gasteiger partial charge is 0.136 e. The highest BCUT2D eigenvalue weighted by Crippen LogP contribution is 2.30. The molecule has 1 heterocycles. The van der Waals surface area contributed by atoms with Crippen LogP contribution in [-0.2, 0) is 11.2 Å². The van der Waals surface area contributed by atoms with E-state index in [1.165, 1.54) is 0 Å². The van der Waals surface area contributed by atoms with E-state index < -0.39 is 0 Å². The van der Waals surface area contributed by atoms with Gasteiger partial charge in [-0.05, 0) is 60.3 Å². The summed E-state index contributed by atoms with van der Waals surface area (Å²) in [5.74, 6) is 0.908. The van der Waals surface area contributed by atoms with Crippen LogP contribution in [0.15, 0.2) is 22.7 Å². The lowest BCUT2D eigenvalue weighted by Gasteiger charge is -2.16. The fourth-order valence-corrected chi connectivity index (χ4v) is 2.77. The van der Waals surface area contributed by atoms with Crippen molar-refractivity contribution in [3.8, 4) is 5.75 Å². The molecule has 1 aliphatic heterocycles. The SMILES string of the molecule is CC1CCC(COc2c(Br)cccc2CCN)O1. The Kier molecular flexibility index (Phi) is 5.03. The quantitative estimate of drug-likeness (QED) is 0.909. The van der Waals surface area contributed by atoms with Gasteiger partial charge in [-0.25, -0.2) is 0 Å². The topological polar surface area (TPSA) is 44.5 Å². The van der Waals surface area contributed by atoms with E-state index in [1.54, 1.807) is 0 Å². The zero-order valence-corrected chi connectivity index (χ0v) is 12.3. The molecule has 1 fully saturated rings. The van der Waals surface area contributed by atoms with E-state index in [0.717, 1.165) is 35.0 Å². The molecule has 0 spiro atoms. The summed E-state index contributed by atoms with van der Waals surface area (Å²) >= 11 is 3.53. The molecule has 2 rings (SSSR count). The fourth-order valence-electron chi connectivity index (χ4n) is 2.25. The Balaban J connectivity index is 1.99. The highest BCUT2D eigenvalue weighted by molar-refractivity contribution is 9.10. The van der Waals surface area contributed by atoms with E-state index in [9.17, 15) is 0 Å². The maximum Gasteiger partial charge on any atom is 0.136 e. The zero-order chi connectivity index (χ0) is 13.0. The minimum atomic E-state index is 0.220. The van der Waals surface area contributed by atoms with Crippen molar-refractivity contribution < 1.29 is 9.47 Å². The lowest BCUT2D eigenvalue weighted by molar-refractivity contribution is 0.0261. The van der Waals surface area contributed by atoms with Crippen LogP contribution in [0.25, 0.3) is 0 Å². The number of para-hydroxylation sites is 1. The van der Waals surface area contributed by atoms with Gasteiger partial charge in [0.25, 0.3) is 0 Å². The first-order valence-electron chi connectivity index (χ1n) is 6.46. The van der Waals surface area contributed by atoms with E-state index in [2.05, 4.69) is 28.9 Å². The molecule has 18 heavy (non-hydrogen) atoms.